The minimum Gasteiger partial charge on any atom is -0.356 e. The Morgan fingerprint density at radius 1 is 1.38 bits per heavy atom. The van der Waals surface area contributed by atoms with Crippen LogP contribution < -0.4 is 10.9 Å². The van der Waals surface area contributed by atoms with E-state index in [-0.39, 0.29) is 28.7 Å². The summed E-state index contributed by atoms with van der Waals surface area (Å²) < 4.78 is 0. The highest BCUT2D eigenvalue weighted by molar-refractivity contribution is 6.38. The van der Waals surface area contributed by atoms with Crippen LogP contribution in [0.3, 0.4) is 0 Å². The van der Waals surface area contributed by atoms with Crippen molar-refractivity contribution in [3.63, 3.8) is 0 Å². The number of aromatic amines is 1. The summed E-state index contributed by atoms with van der Waals surface area (Å²) in [5, 5.41) is 3.73. The number of benzene rings is 1. The molecule has 0 saturated carbocycles. The van der Waals surface area contributed by atoms with Gasteiger partial charge in [0, 0.05) is 11.6 Å². The first-order valence-electron chi connectivity index (χ1n) is 6.66. The topological polar surface area (TPSA) is 74.8 Å². The number of halogens is 2. The van der Waals surface area contributed by atoms with Gasteiger partial charge in [-0.1, -0.05) is 36.5 Å². The van der Waals surface area contributed by atoms with Crippen LogP contribution in [0.1, 0.15) is 25.6 Å². The van der Waals surface area contributed by atoms with E-state index < -0.39 is 0 Å². The number of amides is 1. The average Bonchev–Trinajstić information content (AvgIpc) is 2.40. The molecule has 5 nitrogen and oxygen atoms in total. The average molecular weight is 328 g/mol. The van der Waals surface area contributed by atoms with Crippen molar-refractivity contribution in [1.29, 1.82) is 0 Å². The number of rotatable bonds is 5. The van der Waals surface area contributed by atoms with E-state index in [2.05, 4.69) is 15.3 Å². The normalized spacial score (nSPS) is 10.8. The summed E-state index contributed by atoms with van der Waals surface area (Å²) in [6, 6.07) is 3.02. The number of nitrogens with one attached hydrogen (secondary N) is 2. The molecule has 0 radical (unpaired) electrons. The zero-order chi connectivity index (χ0) is 15.4. The van der Waals surface area contributed by atoms with Crippen LogP contribution in [-0.4, -0.2) is 22.4 Å². The molecular formula is C14H15Cl2N3O2. The summed E-state index contributed by atoms with van der Waals surface area (Å²) in [4.78, 5) is 30.6. The fraction of sp³-hybridized carbons (Fsp3) is 0.357. The number of carbonyl (C=O) groups excluding carboxylic acids is 1. The second-order valence-electron chi connectivity index (χ2n) is 4.68. The van der Waals surface area contributed by atoms with E-state index in [0.717, 1.165) is 12.8 Å². The van der Waals surface area contributed by atoms with Crippen LogP contribution in [0.25, 0.3) is 10.9 Å². The van der Waals surface area contributed by atoms with E-state index >= 15 is 0 Å². The molecule has 0 fully saturated rings. The van der Waals surface area contributed by atoms with Crippen LogP contribution in [0.5, 0.6) is 0 Å². The van der Waals surface area contributed by atoms with Gasteiger partial charge in [-0.15, -0.1) is 0 Å². The van der Waals surface area contributed by atoms with E-state index in [4.69, 9.17) is 23.2 Å². The van der Waals surface area contributed by atoms with E-state index in [1.807, 2.05) is 6.92 Å². The van der Waals surface area contributed by atoms with Crippen LogP contribution in [0.2, 0.25) is 10.0 Å². The smallest absolute Gasteiger partial charge is 0.258 e. The van der Waals surface area contributed by atoms with Gasteiger partial charge in [-0.3, -0.25) is 9.59 Å². The van der Waals surface area contributed by atoms with Gasteiger partial charge in [0.15, 0.2) is 0 Å². The van der Waals surface area contributed by atoms with Crippen LogP contribution in [0.15, 0.2) is 16.9 Å². The summed E-state index contributed by atoms with van der Waals surface area (Å²) in [6.07, 6.45) is 1.92. The first-order chi connectivity index (χ1) is 10.0. The molecule has 2 aromatic rings. The highest BCUT2D eigenvalue weighted by Crippen LogP contribution is 2.24. The van der Waals surface area contributed by atoms with Crippen molar-refractivity contribution in [3.8, 4) is 0 Å². The molecule has 1 aromatic carbocycles. The van der Waals surface area contributed by atoms with Gasteiger partial charge in [-0.25, -0.2) is 4.98 Å². The summed E-state index contributed by atoms with van der Waals surface area (Å²) in [7, 11) is 0. The molecule has 0 aliphatic rings. The summed E-state index contributed by atoms with van der Waals surface area (Å²) >= 11 is 11.9. The Morgan fingerprint density at radius 2 is 2.14 bits per heavy atom. The SMILES string of the molecule is CCCCNC(=O)Cc1nc2c(Cl)cc(Cl)cc2c(=O)[nH]1. The van der Waals surface area contributed by atoms with Crippen molar-refractivity contribution in [2.45, 2.75) is 26.2 Å². The zero-order valence-electron chi connectivity index (χ0n) is 11.5. The molecule has 2 rings (SSSR count). The summed E-state index contributed by atoms with van der Waals surface area (Å²) in [5.41, 5.74) is -0.0121. The highest BCUT2D eigenvalue weighted by Gasteiger charge is 2.11. The van der Waals surface area contributed by atoms with Gasteiger partial charge in [0.05, 0.1) is 22.3 Å². The van der Waals surface area contributed by atoms with Crippen molar-refractivity contribution in [2.75, 3.05) is 6.54 Å². The molecule has 1 heterocycles. The van der Waals surface area contributed by atoms with Gasteiger partial charge < -0.3 is 10.3 Å². The molecule has 1 aromatic heterocycles. The second-order valence-corrected chi connectivity index (χ2v) is 5.52. The van der Waals surface area contributed by atoms with Crippen molar-refractivity contribution in [2.24, 2.45) is 0 Å². The number of nitrogens with zero attached hydrogens (tertiary/aromatic N) is 1. The van der Waals surface area contributed by atoms with Crippen LogP contribution in [0.4, 0.5) is 0 Å². The molecule has 0 aliphatic heterocycles. The molecule has 0 spiro atoms. The molecule has 21 heavy (non-hydrogen) atoms. The standard InChI is InChI=1S/C14H15Cl2N3O2/c1-2-3-4-17-12(20)7-11-18-13-9(14(21)19-11)5-8(15)6-10(13)16/h5-6H,2-4,7H2,1H3,(H,17,20)(H,18,19,21). The Balaban J connectivity index is 2.26. The van der Waals surface area contributed by atoms with Crippen LogP contribution in [0, 0.1) is 0 Å². The Hall–Kier alpha value is -1.59. The molecule has 7 heteroatoms. The van der Waals surface area contributed by atoms with Crippen molar-refractivity contribution < 1.29 is 4.79 Å². The van der Waals surface area contributed by atoms with Gasteiger partial charge in [0.2, 0.25) is 5.91 Å². The van der Waals surface area contributed by atoms with Gasteiger partial charge in [0.25, 0.3) is 5.56 Å². The lowest BCUT2D eigenvalue weighted by atomic mass is 10.2. The van der Waals surface area contributed by atoms with Gasteiger partial charge in [-0.05, 0) is 18.6 Å². The molecule has 2 N–H and O–H groups in total. The van der Waals surface area contributed by atoms with Crippen LogP contribution in [-0.2, 0) is 11.2 Å². The number of carbonyl (C=O) groups is 1. The zero-order valence-corrected chi connectivity index (χ0v) is 13.0. The van der Waals surface area contributed by atoms with Gasteiger partial charge >= 0.3 is 0 Å². The largest absolute Gasteiger partial charge is 0.356 e. The molecule has 0 atom stereocenters. The Morgan fingerprint density at radius 3 is 2.86 bits per heavy atom. The first kappa shape index (κ1) is 15.8. The molecule has 0 bridgehead atoms. The minimum atomic E-state index is -0.360. The molecule has 0 unspecified atom stereocenters. The Labute approximate surface area is 131 Å². The maximum Gasteiger partial charge on any atom is 0.258 e. The lowest BCUT2D eigenvalue weighted by Gasteiger charge is -2.06. The molecular weight excluding hydrogens is 313 g/mol. The summed E-state index contributed by atoms with van der Waals surface area (Å²) in [5.74, 6) is 0.0988. The lowest BCUT2D eigenvalue weighted by molar-refractivity contribution is -0.120. The predicted octanol–water partition coefficient (Wildman–Crippen LogP) is 2.69. The highest BCUT2D eigenvalue weighted by atomic mass is 35.5. The van der Waals surface area contributed by atoms with E-state index in [9.17, 15) is 9.59 Å². The fourth-order valence-corrected chi connectivity index (χ4v) is 2.45. The van der Waals surface area contributed by atoms with E-state index in [0.29, 0.717) is 22.5 Å². The third-order valence-electron chi connectivity index (χ3n) is 2.96. The van der Waals surface area contributed by atoms with Gasteiger partial charge in [0.1, 0.15) is 5.82 Å². The number of aromatic nitrogens is 2. The minimum absolute atomic E-state index is 0.00779. The third-order valence-corrected chi connectivity index (χ3v) is 3.46. The Bertz CT molecular complexity index is 728. The fourth-order valence-electron chi connectivity index (χ4n) is 1.92. The first-order valence-corrected chi connectivity index (χ1v) is 7.41. The van der Waals surface area contributed by atoms with Gasteiger partial charge in [-0.2, -0.15) is 0 Å². The van der Waals surface area contributed by atoms with Crippen molar-refractivity contribution >= 4 is 40.0 Å². The number of H-pyrrole nitrogens is 1. The van der Waals surface area contributed by atoms with E-state index in [1.54, 1.807) is 0 Å². The Kier molecular flexibility index (Phi) is 5.20. The number of hydrogen-bond donors (Lipinski definition) is 2. The lowest BCUT2D eigenvalue weighted by Crippen LogP contribution is -2.27. The predicted molar refractivity (Wildman–Crippen MR) is 84.0 cm³/mol. The molecule has 0 aliphatic carbocycles. The van der Waals surface area contributed by atoms with E-state index in [1.165, 1.54) is 12.1 Å². The van der Waals surface area contributed by atoms with Crippen molar-refractivity contribution in [1.82, 2.24) is 15.3 Å². The number of fused-ring (bicyclic) bond motifs is 1. The maximum absolute atomic E-state index is 12.0. The second kappa shape index (κ2) is 6.91. The number of hydrogen-bond acceptors (Lipinski definition) is 3. The molecule has 112 valence electrons. The summed E-state index contributed by atoms with van der Waals surface area (Å²) in [6.45, 7) is 2.66. The monoisotopic (exact) mass is 327 g/mol. The number of unbranched alkanes of at least 4 members (excludes halogenated alkanes) is 1. The third kappa shape index (κ3) is 3.95. The maximum atomic E-state index is 12.0. The van der Waals surface area contributed by atoms with Crippen molar-refractivity contribution in [3.05, 3.63) is 38.4 Å². The quantitative estimate of drug-likeness (QED) is 0.829. The van der Waals surface area contributed by atoms with Crippen LogP contribution >= 0.6 is 23.2 Å². The molecule has 0 saturated heterocycles. The molecule has 1 amide bonds.